The zero-order valence-corrected chi connectivity index (χ0v) is 15.0. The Labute approximate surface area is 140 Å². The molecule has 0 aromatic carbocycles. The van der Waals surface area contributed by atoms with Crippen molar-refractivity contribution in [3.8, 4) is 0 Å². The molecule has 132 valence electrons. The largest absolute Gasteiger partial charge is 0.393 e. The quantitative estimate of drug-likeness (QED) is 0.642. The third kappa shape index (κ3) is 2.05. The van der Waals surface area contributed by atoms with Crippen LogP contribution in [0.2, 0.25) is 0 Å². The molecule has 4 saturated carbocycles. The van der Waals surface area contributed by atoms with E-state index in [4.69, 9.17) is 0 Å². The predicted molar refractivity (Wildman–Crippen MR) is 89.7 cm³/mol. The van der Waals surface area contributed by atoms with E-state index in [0.29, 0.717) is 23.7 Å². The molecule has 4 aliphatic rings. The molecular formula is C20H34O3. The van der Waals surface area contributed by atoms with Crippen LogP contribution in [0, 0.1) is 34.5 Å². The minimum absolute atomic E-state index is 0.0352. The highest BCUT2D eigenvalue weighted by molar-refractivity contribution is 5.14. The van der Waals surface area contributed by atoms with Gasteiger partial charge in [0.25, 0.3) is 0 Å². The van der Waals surface area contributed by atoms with E-state index in [0.717, 1.165) is 51.4 Å². The van der Waals surface area contributed by atoms with Gasteiger partial charge in [0, 0.05) is 0 Å². The van der Waals surface area contributed by atoms with Gasteiger partial charge in [-0.05, 0) is 92.8 Å². The summed E-state index contributed by atoms with van der Waals surface area (Å²) in [7, 11) is 0. The van der Waals surface area contributed by atoms with Crippen molar-refractivity contribution in [1.82, 2.24) is 0 Å². The summed E-state index contributed by atoms with van der Waals surface area (Å²) in [6, 6.07) is 0. The molecule has 9 atom stereocenters. The van der Waals surface area contributed by atoms with Crippen molar-refractivity contribution in [3.05, 3.63) is 0 Å². The Bertz CT molecular complexity index is 489. The number of hydrogen-bond donors (Lipinski definition) is 3. The molecule has 3 heteroatoms. The lowest BCUT2D eigenvalue weighted by atomic mass is 9.44. The van der Waals surface area contributed by atoms with Crippen LogP contribution in [-0.4, -0.2) is 33.1 Å². The van der Waals surface area contributed by atoms with Crippen LogP contribution < -0.4 is 0 Å². The Morgan fingerprint density at radius 3 is 2.26 bits per heavy atom. The number of aliphatic hydroxyl groups is 3. The summed E-state index contributed by atoms with van der Waals surface area (Å²) in [5.74, 6) is 1.83. The van der Waals surface area contributed by atoms with E-state index in [2.05, 4.69) is 13.8 Å². The van der Waals surface area contributed by atoms with Crippen LogP contribution in [0.15, 0.2) is 0 Å². The van der Waals surface area contributed by atoms with Crippen LogP contribution in [0.25, 0.3) is 0 Å². The van der Waals surface area contributed by atoms with E-state index in [9.17, 15) is 15.3 Å². The molecular weight excluding hydrogens is 288 g/mol. The fourth-order valence-electron chi connectivity index (χ4n) is 7.45. The van der Waals surface area contributed by atoms with Crippen molar-refractivity contribution in [2.24, 2.45) is 34.5 Å². The van der Waals surface area contributed by atoms with Gasteiger partial charge >= 0.3 is 0 Å². The van der Waals surface area contributed by atoms with E-state index in [1.54, 1.807) is 0 Å². The van der Waals surface area contributed by atoms with Crippen LogP contribution in [0.5, 0.6) is 0 Å². The van der Waals surface area contributed by atoms with Gasteiger partial charge in [-0.2, -0.15) is 0 Å². The molecule has 0 amide bonds. The minimum atomic E-state index is -0.580. The first-order valence-electron chi connectivity index (χ1n) is 9.77. The number of rotatable bonds is 0. The topological polar surface area (TPSA) is 60.7 Å². The zero-order chi connectivity index (χ0) is 16.6. The van der Waals surface area contributed by atoms with Crippen LogP contribution >= 0.6 is 0 Å². The van der Waals surface area contributed by atoms with Gasteiger partial charge < -0.3 is 15.3 Å². The summed E-state index contributed by atoms with van der Waals surface area (Å²) < 4.78 is 0. The Morgan fingerprint density at radius 1 is 0.826 bits per heavy atom. The van der Waals surface area contributed by atoms with Crippen molar-refractivity contribution in [1.29, 1.82) is 0 Å². The van der Waals surface area contributed by atoms with Gasteiger partial charge in [-0.25, -0.2) is 0 Å². The molecule has 0 aliphatic heterocycles. The maximum Gasteiger partial charge on any atom is 0.0675 e. The molecule has 4 aliphatic carbocycles. The molecule has 3 nitrogen and oxygen atoms in total. The Morgan fingerprint density at radius 2 is 1.52 bits per heavy atom. The third-order valence-electron chi connectivity index (χ3n) is 9.22. The molecule has 0 aromatic rings. The summed E-state index contributed by atoms with van der Waals surface area (Å²) in [6.07, 6.45) is 7.49. The summed E-state index contributed by atoms with van der Waals surface area (Å²) in [6.45, 7) is 6.72. The smallest absolute Gasteiger partial charge is 0.0675 e. The number of hydrogen-bond acceptors (Lipinski definition) is 3. The van der Waals surface area contributed by atoms with Gasteiger partial charge in [-0.15, -0.1) is 0 Å². The summed E-state index contributed by atoms with van der Waals surface area (Å²) >= 11 is 0. The van der Waals surface area contributed by atoms with Crippen LogP contribution in [-0.2, 0) is 0 Å². The van der Waals surface area contributed by atoms with Crippen molar-refractivity contribution >= 4 is 0 Å². The van der Waals surface area contributed by atoms with E-state index < -0.39 is 5.60 Å². The second-order valence-corrected chi connectivity index (χ2v) is 9.99. The highest BCUT2D eigenvalue weighted by atomic mass is 16.3. The first-order valence-corrected chi connectivity index (χ1v) is 9.77. The molecule has 4 fully saturated rings. The van der Waals surface area contributed by atoms with Crippen molar-refractivity contribution in [2.75, 3.05) is 0 Å². The van der Waals surface area contributed by atoms with E-state index >= 15 is 0 Å². The summed E-state index contributed by atoms with van der Waals surface area (Å²) in [5.41, 5.74) is -0.339. The Kier molecular flexibility index (Phi) is 3.52. The lowest BCUT2D eigenvalue weighted by Crippen LogP contribution is -2.60. The molecule has 0 spiro atoms. The second kappa shape index (κ2) is 4.95. The monoisotopic (exact) mass is 322 g/mol. The fourth-order valence-corrected chi connectivity index (χ4v) is 7.45. The fraction of sp³-hybridized carbons (Fsp3) is 1.00. The van der Waals surface area contributed by atoms with Crippen LogP contribution in [0.3, 0.4) is 0 Å². The average molecular weight is 322 g/mol. The molecule has 0 bridgehead atoms. The normalized spacial score (nSPS) is 62.3. The van der Waals surface area contributed by atoms with E-state index in [1.165, 1.54) is 0 Å². The lowest BCUT2D eigenvalue weighted by Gasteiger charge is -2.62. The van der Waals surface area contributed by atoms with Gasteiger partial charge in [-0.3, -0.25) is 0 Å². The van der Waals surface area contributed by atoms with Crippen molar-refractivity contribution in [3.63, 3.8) is 0 Å². The zero-order valence-electron chi connectivity index (χ0n) is 15.0. The van der Waals surface area contributed by atoms with Gasteiger partial charge in [-0.1, -0.05) is 13.8 Å². The minimum Gasteiger partial charge on any atom is -0.393 e. The van der Waals surface area contributed by atoms with Gasteiger partial charge in [0.2, 0.25) is 0 Å². The van der Waals surface area contributed by atoms with Crippen LogP contribution in [0.4, 0.5) is 0 Å². The Hall–Kier alpha value is -0.120. The standard InChI is InChI=1S/C20H34O3/c1-18-7-4-13(21)10-12(18)11-16(22)17-14(18)5-8-19(2)15(17)6-9-20(19,3)23/h12-17,21-23H,4-11H2,1-3H3/t12?,13-,14-,15-,16+,17+,18-,19-,20-/m0/s1. The molecule has 0 heterocycles. The van der Waals surface area contributed by atoms with Crippen LogP contribution in [0.1, 0.15) is 72.1 Å². The summed E-state index contributed by atoms with van der Waals surface area (Å²) in [4.78, 5) is 0. The molecule has 0 radical (unpaired) electrons. The third-order valence-corrected chi connectivity index (χ3v) is 9.22. The predicted octanol–water partition coefficient (Wildman–Crippen LogP) is 3.11. The maximum absolute atomic E-state index is 11.0. The van der Waals surface area contributed by atoms with Gasteiger partial charge in [0.1, 0.15) is 0 Å². The van der Waals surface area contributed by atoms with Crippen molar-refractivity contribution in [2.45, 2.75) is 89.9 Å². The molecule has 0 saturated heterocycles. The number of fused-ring (bicyclic) bond motifs is 5. The highest BCUT2D eigenvalue weighted by Gasteiger charge is 2.65. The van der Waals surface area contributed by atoms with Gasteiger partial charge in [0.05, 0.1) is 17.8 Å². The second-order valence-electron chi connectivity index (χ2n) is 9.99. The van der Waals surface area contributed by atoms with E-state index in [-0.39, 0.29) is 23.0 Å². The SMILES string of the molecule is C[C@]12CC[C@H](O)CC1C[C@@H](O)[C@@H]1[C@@H]2CC[C@@]2(C)[C@H]1CC[C@]2(C)O. The van der Waals surface area contributed by atoms with E-state index in [1.807, 2.05) is 6.92 Å². The number of aliphatic hydroxyl groups excluding tert-OH is 2. The lowest BCUT2D eigenvalue weighted by molar-refractivity contribution is -0.188. The first kappa shape index (κ1) is 16.4. The highest BCUT2D eigenvalue weighted by Crippen LogP contribution is 2.68. The maximum atomic E-state index is 11.0. The molecule has 3 N–H and O–H groups in total. The molecule has 23 heavy (non-hydrogen) atoms. The van der Waals surface area contributed by atoms with Gasteiger partial charge in [0.15, 0.2) is 0 Å². The molecule has 4 rings (SSSR count). The Balaban J connectivity index is 1.68. The average Bonchev–Trinajstić information content (AvgIpc) is 2.72. The van der Waals surface area contributed by atoms with Crippen molar-refractivity contribution < 1.29 is 15.3 Å². The molecule has 1 unspecified atom stereocenters. The summed E-state index contributed by atoms with van der Waals surface area (Å²) in [5, 5.41) is 32.0. The molecule has 0 aromatic heterocycles. The first-order chi connectivity index (χ1) is 10.7.